The number of hydrogen-bond donors (Lipinski definition) is 1. The van der Waals surface area contributed by atoms with Crippen molar-refractivity contribution in [2.24, 2.45) is 0 Å². The maximum absolute atomic E-state index is 12.8. The van der Waals surface area contributed by atoms with E-state index in [4.69, 9.17) is 4.74 Å². The smallest absolute Gasteiger partial charge is 0.262 e. The Kier molecular flexibility index (Phi) is 5.10. The highest BCUT2D eigenvalue weighted by Gasteiger charge is 2.13. The molecule has 0 atom stereocenters. The monoisotopic (exact) mass is 318 g/mol. The van der Waals surface area contributed by atoms with E-state index in [9.17, 15) is 9.18 Å². The molecule has 0 radical (unpaired) electrons. The molecule has 0 aliphatic rings. The number of ether oxygens (including phenoxy) is 1. The number of hydrogen-bond acceptors (Lipinski definition) is 5. The Balaban J connectivity index is 2.01. The maximum Gasteiger partial charge on any atom is 0.262 e. The standard InChI is InChI=1S/C16H19FN4O2/c1-10-15(11(2)19-16(18-10)21(3)4)20-14(22)9-23-13-7-5-12(17)6-8-13/h5-8H,9H2,1-4H3,(H,20,22). The van der Waals surface area contributed by atoms with Gasteiger partial charge in [0.25, 0.3) is 5.91 Å². The van der Waals surface area contributed by atoms with Gasteiger partial charge < -0.3 is 15.0 Å². The second kappa shape index (κ2) is 7.04. The lowest BCUT2D eigenvalue weighted by Gasteiger charge is -2.15. The summed E-state index contributed by atoms with van der Waals surface area (Å²) in [6.07, 6.45) is 0. The van der Waals surface area contributed by atoms with Crippen LogP contribution in [-0.4, -0.2) is 36.6 Å². The zero-order chi connectivity index (χ0) is 17.0. The summed E-state index contributed by atoms with van der Waals surface area (Å²) in [6.45, 7) is 3.43. The normalized spacial score (nSPS) is 10.3. The van der Waals surface area contributed by atoms with Crippen molar-refractivity contribution in [3.63, 3.8) is 0 Å². The van der Waals surface area contributed by atoms with Gasteiger partial charge in [-0.15, -0.1) is 0 Å². The second-order valence-corrected chi connectivity index (χ2v) is 5.25. The zero-order valence-corrected chi connectivity index (χ0v) is 13.6. The van der Waals surface area contributed by atoms with Crippen molar-refractivity contribution in [2.75, 3.05) is 30.9 Å². The number of aryl methyl sites for hydroxylation is 2. The molecule has 1 amide bonds. The fourth-order valence-corrected chi connectivity index (χ4v) is 1.93. The van der Waals surface area contributed by atoms with Gasteiger partial charge in [0.1, 0.15) is 11.6 Å². The van der Waals surface area contributed by atoms with Gasteiger partial charge in [0.15, 0.2) is 6.61 Å². The van der Waals surface area contributed by atoms with Crippen molar-refractivity contribution in [1.82, 2.24) is 9.97 Å². The molecule has 0 bridgehead atoms. The van der Waals surface area contributed by atoms with E-state index in [0.717, 1.165) is 0 Å². The minimum atomic E-state index is -0.355. The van der Waals surface area contributed by atoms with Gasteiger partial charge in [-0.2, -0.15) is 0 Å². The van der Waals surface area contributed by atoms with Gasteiger partial charge in [0.2, 0.25) is 5.95 Å². The number of carbonyl (C=O) groups excluding carboxylic acids is 1. The Bertz CT molecular complexity index is 679. The number of nitrogens with one attached hydrogen (secondary N) is 1. The van der Waals surface area contributed by atoms with Crippen molar-refractivity contribution < 1.29 is 13.9 Å². The van der Waals surface area contributed by atoms with Crippen LogP contribution >= 0.6 is 0 Å². The lowest BCUT2D eigenvalue weighted by atomic mass is 10.3. The van der Waals surface area contributed by atoms with Crippen LogP contribution < -0.4 is 15.0 Å². The number of benzene rings is 1. The van der Waals surface area contributed by atoms with Crippen LogP contribution in [0.2, 0.25) is 0 Å². The van der Waals surface area contributed by atoms with E-state index in [1.54, 1.807) is 18.7 Å². The molecular weight excluding hydrogens is 299 g/mol. The van der Waals surface area contributed by atoms with Crippen molar-refractivity contribution in [3.8, 4) is 5.75 Å². The Labute approximate surface area is 134 Å². The van der Waals surface area contributed by atoms with Crippen LogP contribution in [0.4, 0.5) is 16.0 Å². The van der Waals surface area contributed by atoms with Crippen molar-refractivity contribution in [3.05, 3.63) is 41.5 Å². The molecule has 0 unspecified atom stereocenters. The molecule has 0 saturated carbocycles. The summed E-state index contributed by atoms with van der Waals surface area (Å²) in [7, 11) is 3.70. The number of anilines is 2. The van der Waals surface area contributed by atoms with Crippen LogP contribution in [0.25, 0.3) is 0 Å². The van der Waals surface area contributed by atoms with Gasteiger partial charge >= 0.3 is 0 Å². The summed E-state index contributed by atoms with van der Waals surface area (Å²) < 4.78 is 18.1. The lowest BCUT2D eigenvalue weighted by molar-refractivity contribution is -0.118. The Morgan fingerprint density at radius 3 is 2.26 bits per heavy atom. The van der Waals surface area contributed by atoms with E-state index in [0.29, 0.717) is 28.8 Å². The molecule has 7 heteroatoms. The van der Waals surface area contributed by atoms with E-state index in [-0.39, 0.29) is 18.3 Å². The van der Waals surface area contributed by atoms with E-state index >= 15 is 0 Å². The largest absolute Gasteiger partial charge is 0.484 e. The molecule has 1 aromatic heterocycles. The molecule has 2 rings (SSSR count). The number of halogens is 1. The Morgan fingerprint density at radius 2 is 1.74 bits per heavy atom. The third kappa shape index (κ3) is 4.38. The number of aromatic nitrogens is 2. The van der Waals surface area contributed by atoms with E-state index in [1.165, 1.54) is 24.3 Å². The quantitative estimate of drug-likeness (QED) is 0.916. The first kappa shape index (κ1) is 16.7. The molecule has 1 heterocycles. The number of rotatable bonds is 5. The predicted octanol–water partition coefficient (Wildman–Crippen LogP) is 2.32. The molecule has 0 aliphatic heterocycles. The zero-order valence-electron chi connectivity index (χ0n) is 13.6. The van der Waals surface area contributed by atoms with E-state index < -0.39 is 0 Å². The topological polar surface area (TPSA) is 67.4 Å². The predicted molar refractivity (Wildman–Crippen MR) is 86.4 cm³/mol. The number of carbonyl (C=O) groups is 1. The lowest BCUT2D eigenvalue weighted by Crippen LogP contribution is -2.23. The first-order valence-electron chi connectivity index (χ1n) is 7.07. The van der Waals surface area contributed by atoms with Gasteiger partial charge in [-0.3, -0.25) is 4.79 Å². The fraction of sp³-hybridized carbons (Fsp3) is 0.312. The van der Waals surface area contributed by atoms with Crippen LogP contribution in [0, 0.1) is 19.7 Å². The molecule has 2 aromatic rings. The third-order valence-electron chi connectivity index (χ3n) is 3.11. The van der Waals surface area contributed by atoms with Crippen LogP contribution in [-0.2, 0) is 4.79 Å². The number of nitrogens with zero attached hydrogens (tertiary/aromatic N) is 3. The summed E-state index contributed by atoms with van der Waals surface area (Å²) in [5.41, 5.74) is 1.93. The molecule has 1 aromatic carbocycles. The molecular formula is C16H19FN4O2. The molecule has 122 valence electrons. The highest BCUT2D eigenvalue weighted by atomic mass is 19.1. The van der Waals surface area contributed by atoms with Crippen molar-refractivity contribution in [2.45, 2.75) is 13.8 Å². The first-order chi connectivity index (χ1) is 10.9. The number of amides is 1. The Morgan fingerprint density at radius 1 is 1.17 bits per heavy atom. The van der Waals surface area contributed by atoms with Gasteiger partial charge in [-0.1, -0.05) is 0 Å². The van der Waals surface area contributed by atoms with Crippen LogP contribution in [0.15, 0.2) is 24.3 Å². The van der Waals surface area contributed by atoms with Crippen LogP contribution in [0.5, 0.6) is 5.75 Å². The van der Waals surface area contributed by atoms with E-state index in [2.05, 4.69) is 15.3 Å². The minimum Gasteiger partial charge on any atom is -0.484 e. The van der Waals surface area contributed by atoms with Gasteiger partial charge in [0, 0.05) is 14.1 Å². The average molecular weight is 318 g/mol. The highest BCUT2D eigenvalue weighted by Crippen LogP contribution is 2.19. The van der Waals surface area contributed by atoms with Gasteiger partial charge in [-0.05, 0) is 38.1 Å². The molecule has 1 N–H and O–H groups in total. The minimum absolute atomic E-state index is 0.181. The summed E-state index contributed by atoms with van der Waals surface area (Å²) in [4.78, 5) is 22.5. The molecule has 0 saturated heterocycles. The van der Waals surface area contributed by atoms with Crippen molar-refractivity contribution in [1.29, 1.82) is 0 Å². The van der Waals surface area contributed by atoms with Gasteiger partial charge in [0.05, 0.1) is 17.1 Å². The third-order valence-corrected chi connectivity index (χ3v) is 3.11. The molecule has 0 aliphatic carbocycles. The van der Waals surface area contributed by atoms with E-state index in [1.807, 2.05) is 14.1 Å². The van der Waals surface area contributed by atoms with Crippen molar-refractivity contribution >= 4 is 17.5 Å². The molecule has 6 nitrogen and oxygen atoms in total. The summed E-state index contributed by atoms with van der Waals surface area (Å²) >= 11 is 0. The van der Waals surface area contributed by atoms with Gasteiger partial charge in [-0.25, -0.2) is 14.4 Å². The average Bonchev–Trinajstić information content (AvgIpc) is 2.50. The summed E-state index contributed by atoms with van der Waals surface area (Å²) in [5, 5.41) is 2.74. The molecule has 0 fully saturated rings. The van der Waals surface area contributed by atoms with Crippen LogP contribution in [0.1, 0.15) is 11.4 Å². The first-order valence-corrected chi connectivity index (χ1v) is 7.07. The molecule has 0 spiro atoms. The SMILES string of the molecule is Cc1nc(N(C)C)nc(C)c1NC(=O)COc1ccc(F)cc1. The maximum atomic E-state index is 12.8. The molecule has 23 heavy (non-hydrogen) atoms. The Hall–Kier alpha value is -2.70. The summed E-state index contributed by atoms with van der Waals surface area (Å²) in [6, 6.07) is 5.48. The van der Waals surface area contributed by atoms with Crippen LogP contribution in [0.3, 0.4) is 0 Å². The second-order valence-electron chi connectivity index (χ2n) is 5.25. The highest BCUT2D eigenvalue weighted by molar-refractivity contribution is 5.93. The fourth-order valence-electron chi connectivity index (χ4n) is 1.93. The summed E-state index contributed by atoms with van der Waals surface area (Å²) in [5.74, 6) is 0.322.